The fraction of sp³-hybridized carbons (Fsp3) is 0.450. The number of fused-ring (bicyclic) bond motifs is 1. The highest BCUT2D eigenvalue weighted by Gasteiger charge is 2.33. The molecular formula is C20H25N3O. The SMILES string of the molecule is c1ccc(OC[C@H]2CC[C@H]3CN(c4ccccn4)CCN3C2)cc1. The number of ether oxygens (including phenoxy) is 1. The van der Waals surface area contributed by atoms with Crippen LogP contribution in [0, 0.1) is 5.92 Å². The molecule has 1 aromatic heterocycles. The molecule has 1 aromatic carbocycles. The van der Waals surface area contributed by atoms with Crippen LogP contribution in [0.3, 0.4) is 0 Å². The zero-order valence-corrected chi connectivity index (χ0v) is 14.1. The van der Waals surface area contributed by atoms with Gasteiger partial charge in [-0.3, -0.25) is 4.90 Å². The van der Waals surface area contributed by atoms with E-state index >= 15 is 0 Å². The number of pyridine rings is 1. The highest BCUT2D eigenvalue weighted by Crippen LogP contribution is 2.27. The van der Waals surface area contributed by atoms with Crippen LogP contribution in [0.2, 0.25) is 0 Å². The first-order valence-electron chi connectivity index (χ1n) is 8.96. The van der Waals surface area contributed by atoms with Gasteiger partial charge in [-0.05, 0) is 37.1 Å². The van der Waals surface area contributed by atoms with Crippen molar-refractivity contribution in [2.24, 2.45) is 5.92 Å². The lowest BCUT2D eigenvalue weighted by molar-refractivity contribution is 0.0728. The largest absolute Gasteiger partial charge is 0.493 e. The van der Waals surface area contributed by atoms with Crippen LogP contribution >= 0.6 is 0 Å². The summed E-state index contributed by atoms with van der Waals surface area (Å²) in [5.41, 5.74) is 0. The van der Waals surface area contributed by atoms with Crippen molar-refractivity contribution in [3.8, 4) is 5.75 Å². The second kappa shape index (κ2) is 7.22. The summed E-state index contributed by atoms with van der Waals surface area (Å²) in [6.45, 7) is 5.29. The van der Waals surface area contributed by atoms with Crippen LogP contribution < -0.4 is 9.64 Å². The summed E-state index contributed by atoms with van der Waals surface area (Å²) in [7, 11) is 0. The van der Waals surface area contributed by atoms with Crippen LogP contribution in [0.15, 0.2) is 54.7 Å². The maximum absolute atomic E-state index is 5.97. The van der Waals surface area contributed by atoms with E-state index < -0.39 is 0 Å². The minimum absolute atomic E-state index is 0.642. The van der Waals surface area contributed by atoms with Crippen molar-refractivity contribution in [1.29, 1.82) is 0 Å². The summed E-state index contributed by atoms with van der Waals surface area (Å²) in [5, 5.41) is 0. The maximum Gasteiger partial charge on any atom is 0.128 e. The van der Waals surface area contributed by atoms with Crippen LogP contribution in [0.25, 0.3) is 0 Å². The molecule has 24 heavy (non-hydrogen) atoms. The fourth-order valence-corrected chi connectivity index (χ4v) is 3.87. The van der Waals surface area contributed by atoms with E-state index in [1.807, 2.05) is 42.6 Å². The first-order valence-corrected chi connectivity index (χ1v) is 8.96. The number of para-hydroxylation sites is 1. The van der Waals surface area contributed by atoms with Gasteiger partial charge in [0.2, 0.25) is 0 Å². The number of hydrogen-bond donors (Lipinski definition) is 0. The van der Waals surface area contributed by atoms with E-state index in [-0.39, 0.29) is 0 Å². The van der Waals surface area contributed by atoms with E-state index in [1.54, 1.807) is 0 Å². The van der Waals surface area contributed by atoms with E-state index in [9.17, 15) is 0 Å². The van der Waals surface area contributed by atoms with Crippen LogP contribution in [0.1, 0.15) is 12.8 Å². The van der Waals surface area contributed by atoms with Gasteiger partial charge in [0.15, 0.2) is 0 Å². The monoisotopic (exact) mass is 323 g/mol. The molecule has 0 saturated carbocycles. The molecule has 0 amide bonds. The smallest absolute Gasteiger partial charge is 0.128 e. The van der Waals surface area contributed by atoms with Gasteiger partial charge in [0, 0.05) is 44.3 Å². The van der Waals surface area contributed by atoms with Gasteiger partial charge in [0.25, 0.3) is 0 Å². The van der Waals surface area contributed by atoms with Gasteiger partial charge in [-0.15, -0.1) is 0 Å². The Morgan fingerprint density at radius 1 is 0.958 bits per heavy atom. The van der Waals surface area contributed by atoms with Crippen molar-refractivity contribution in [3.05, 3.63) is 54.7 Å². The molecule has 3 heterocycles. The second-order valence-corrected chi connectivity index (χ2v) is 6.85. The summed E-state index contributed by atoms with van der Waals surface area (Å²) in [4.78, 5) is 9.59. The third-order valence-corrected chi connectivity index (χ3v) is 5.21. The molecule has 4 rings (SSSR count). The van der Waals surface area contributed by atoms with Gasteiger partial charge in [0.05, 0.1) is 6.61 Å². The lowest BCUT2D eigenvalue weighted by Gasteiger charge is -2.46. The van der Waals surface area contributed by atoms with Gasteiger partial charge in [-0.2, -0.15) is 0 Å². The highest BCUT2D eigenvalue weighted by molar-refractivity contribution is 5.38. The molecule has 2 atom stereocenters. The predicted octanol–water partition coefficient (Wildman–Crippen LogP) is 3.06. The van der Waals surface area contributed by atoms with Crippen molar-refractivity contribution < 1.29 is 4.74 Å². The number of aromatic nitrogens is 1. The van der Waals surface area contributed by atoms with E-state index in [1.165, 1.54) is 12.8 Å². The average molecular weight is 323 g/mol. The molecule has 0 spiro atoms. The lowest BCUT2D eigenvalue weighted by atomic mass is 9.91. The Bertz CT molecular complexity index is 634. The summed E-state index contributed by atoms with van der Waals surface area (Å²) >= 11 is 0. The van der Waals surface area contributed by atoms with Gasteiger partial charge >= 0.3 is 0 Å². The first kappa shape index (κ1) is 15.5. The average Bonchev–Trinajstić information content (AvgIpc) is 2.67. The molecule has 0 radical (unpaired) electrons. The quantitative estimate of drug-likeness (QED) is 0.865. The Morgan fingerprint density at radius 3 is 2.67 bits per heavy atom. The van der Waals surface area contributed by atoms with Crippen molar-refractivity contribution in [2.75, 3.05) is 37.7 Å². The highest BCUT2D eigenvalue weighted by atomic mass is 16.5. The summed E-state index contributed by atoms with van der Waals surface area (Å²) in [5.74, 6) is 2.74. The van der Waals surface area contributed by atoms with E-state index in [2.05, 4.69) is 26.9 Å². The number of anilines is 1. The maximum atomic E-state index is 5.97. The topological polar surface area (TPSA) is 28.6 Å². The number of rotatable bonds is 4. The van der Waals surface area contributed by atoms with Gasteiger partial charge in [-0.1, -0.05) is 24.3 Å². The van der Waals surface area contributed by atoms with Crippen LogP contribution in [-0.4, -0.2) is 48.7 Å². The van der Waals surface area contributed by atoms with Crippen LogP contribution in [-0.2, 0) is 0 Å². The van der Waals surface area contributed by atoms with Gasteiger partial charge < -0.3 is 9.64 Å². The zero-order valence-electron chi connectivity index (χ0n) is 14.1. The minimum Gasteiger partial charge on any atom is -0.493 e. The fourth-order valence-electron chi connectivity index (χ4n) is 3.87. The van der Waals surface area contributed by atoms with Crippen LogP contribution in [0.5, 0.6) is 5.75 Å². The van der Waals surface area contributed by atoms with E-state index in [0.717, 1.165) is 44.4 Å². The number of piperidine rings is 1. The molecule has 2 saturated heterocycles. The molecule has 0 N–H and O–H groups in total. The molecule has 4 heteroatoms. The summed E-state index contributed by atoms with van der Waals surface area (Å²) in [6, 6.07) is 17.0. The molecule has 126 valence electrons. The van der Waals surface area contributed by atoms with Gasteiger partial charge in [0.1, 0.15) is 11.6 Å². The van der Waals surface area contributed by atoms with Gasteiger partial charge in [-0.25, -0.2) is 4.98 Å². The second-order valence-electron chi connectivity index (χ2n) is 6.85. The molecular weight excluding hydrogens is 298 g/mol. The third kappa shape index (κ3) is 3.54. The van der Waals surface area contributed by atoms with Crippen molar-refractivity contribution in [1.82, 2.24) is 9.88 Å². The lowest BCUT2D eigenvalue weighted by Crippen LogP contribution is -2.57. The summed E-state index contributed by atoms with van der Waals surface area (Å²) in [6.07, 6.45) is 4.40. The molecule has 2 fully saturated rings. The Kier molecular flexibility index (Phi) is 4.65. The molecule has 0 unspecified atom stereocenters. The minimum atomic E-state index is 0.642. The molecule has 0 bridgehead atoms. The van der Waals surface area contributed by atoms with Crippen LogP contribution in [0.4, 0.5) is 5.82 Å². The number of benzene rings is 1. The Balaban J connectivity index is 1.30. The normalized spacial score (nSPS) is 24.4. The van der Waals surface area contributed by atoms with E-state index in [4.69, 9.17) is 4.74 Å². The summed E-state index contributed by atoms with van der Waals surface area (Å²) < 4.78 is 5.97. The third-order valence-electron chi connectivity index (χ3n) is 5.21. The predicted molar refractivity (Wildman–Crippen MR) is 96.5 cm³/mol. The molecule has 2 aromatic rings. The number of hydrogen-bond acceptors (Lipinski definition) is 4. The first-order chi connectivity index (χ1) is 11.9. The molecule has 2 aliphatic heterocycles. The molecule has 2 aliphatic rings. The van der Waals surface area contributed by atoms with Crippen molar-refractivity contribution in [3.63, 3.8) is 0 Å². The van der Waals surface area contributed by atoms with Crippen molar-refractivity contribution >= 4 is 5.82 Å². The standard InChI is InChI=1S/C20H25N3O/c1-2-6-19(7-3-1)24-16-17-9-10-18-15-23(13-12-22(18)14-17)20-8-4-5-11-21-20/h1-8,11,17-18H,9-10,12-16H2/t17-,18-/m0/s1. The molecule has 0 aliphatic carbocycles. The van der Waals surface area contributed by atoms with Crippen molar-refractivity contribution in [2.45, 2.75) is 18.9 Å². The molecule has 4 nitrogen and oxygen atoms in total. The Labute approximate surface area is 144 Å². The Morgan fingerprint density at radius 2 is 1.83 bits per heavy atom. The Hall–Kier alpha value is -2.07. The number of piperazine rings is 1. The van der Waals surface area contributed by atoms with E-state index in [0.29, 0.717) is 12.0 Å². The number of nitrogens with zero attached hydrogens (tertiary/aromatic N) is 3. The zero-order chi connectivity index (χ0) is 16.2.